The van der Waals surface area contributed by atoms with Crippen molar-refractivity contribution in [1.82, 2.24) is 4.90 Å². The van der Waals surface area contributed by atoms with E-state index in [0.717, 1.165) is 11.3 Å². The molecule has 0 N–H and O–H groups in total. The van der Waals surface area contributed by atoms with Gasteiger partial charge in [-0.1, -0.05) is 36.3 Å². The van der Waals surface area contributed by atoms with E-state index in [-0.39, 0.29) is 12.5 Å². The van der Waals surface area contributed by atoms with E-state index >= 15 is 0 Å². The Bertz CT molecular complexity index is 865. The number of hydrogen-bond acceptors (Lipinski definition) is 4. The van der Waals surface area contributed by atoms with Gasteiger partial charge in [0.15, 0.2) is 5.17 Å². The lowest BCUT2D eigenvalue weighted by Crippen LogP contribution is -2.23. The molecule has 4 nitrogen and oxygen atoms in total. The smallest absolute Gasteiger partial charge is 0.266 e. The average molecular weight is 348 g/mol. The zero-order chi connectivity index (χ0) is 17.6. The van der Waals surface area contributed by atoms with Crippen molar-refractivity contribution in [2.24, 2.45) is 4.99 Å². The second-order valence-electron chi connectivity index (χ2n) is 5.27. The number of para-hydroxylation sites is 1. The molecule has 2 aromatic carbocycles. The third-order valence-corrected chi connectivity index (χ3v) is 4.54. The van der Waals surface area contributed by atoms with Crippen LogP contribution >= 0.6 is 11.8 Å². The first-order chi connectivity index (χ1) is 12.2. The van der Waals surface area contributed by atoms with Crippen LogP contribution in [-0.4, -0.2) is 29.6 Å². The van der Waals surface area contributed by atoms with Gasteiger partial charge >= 0.3 is 0 Å². The average Bonchev–Trinajstić information content (AvgIpc) is 2.90. The van der Waals surface area contributed by atoms with Crippen LogP contribution in [0.5, 0.6) is 5.75 Å². The molecule has 1 aliphatic heterocycles. The Labute approximate surface area is 151 Å². The lowest BCUT2D eigenvalue weighted by atomic mass is 10.2. The number of carbonyl (C=O) groups is 1. The van der Waals surface area contributed by atoms with E-state index in [1.807, 2.05) is 60.7 Å². The third-order valence-electron chi connectivity index (χ3n) is 3.48. The number of benzene rings is 2. The maximum Gasteiger partial charge on any atom is 0.266 e. The predicted molar refractivity (Wildman–Crippen MR) is 103 cm³/mol. The molecule has 0 atom stereocenters. The lowest BCUT2D eigenvalue weighted by Gasteiger charge is -2.06. The summed E-state index contributed by atoms with van der Waals surface area (Å²) in [5.41, 5.74) is 1.74. The highest BCUT2D eigenvalue weighted by molar-refractivity contribution is 8.18. The standard InChI is InChI=1S/C20H16N2O2S/c1-3-13-24-17-11-9-15(10-12-17)14-18-19(23)22(2)20(25-18)21-16-7-5-4-6-8-16/h1,4-12,14H,13H2,2H3/b18-14+,21-20?. The van der Waals surface area contributed by atoms with Crippen LogP contribution in [-0.2, 0) is 4.79 Å². The number of nitrogens with zero attached hydrogens (tertiary/aromatic N) is 2. The van der Waals surface area contributed by atoms with Crippen molar-refractivity contribution in [3.63, 3.8) is 0 Å². The first-order valence-electron chi connectivity index (χ1n) is 7.65. The number of rotatable bonds is 4. The van der Waals surface area contributed by atoms with Crippen LogP contribution in [0.25, 0.3) is 6.08 Å². The van der Waals surface area contributed by atoms with Gasteiger partial charge in [0.05, 0.1) is 10.6 Å². The summed E-state index contributed by atoms with van der Waals surface area (Å²) in [6, 6.07) is 17.0. The van der Waals surface area contributed by atoms with Gasteiger partial charge in [-0.2, -0.15) is 0 Å². The number of amides is 1. The number of ether oxygens (including phenoxy) is 1. The highest BCUT2D eigenvalue weighted by Gasteiger charge is 2.30. The normalized spacial score (nSPS) is 17.1. The second kappa shape index (κ2) is 7.73. The first-order valence-corrected chi connectivity index (χ1v) is 8.46. The molecule has 25 heavy (non-hydrogen) atoms. The summed E-state index contributed by atoms with van der Waals surface area (Å²) in [7, 11) is 1.73. The first kappa shape index (κ1) is 16.9. The molecule has 0 aromatic heterocycles. The van der Waals surface area contributed by atoms with E-state index in [4.69, 9.17) is 11.2 Å². The van der Waals surface area contributed by atoms with E-state index in [9.17, 15) is 4.79 Å². The van der Waals surface area contributed by atoms with Crippen molar-refractivity contribution in [2.45, 2.75) is 0 Å². The van der Waals surface area contributed by atoms with E-state index in [1.54, 1.807) is 11.9 Å². The number of carbonyl (C=O) groups excluding carboxylic acids is 1. The van der Waals surface area contributed by atoms with Crippen molar-refractivity contribution in [3.8, 4) is 18.1 Å². The molecule has 0 unspecified atom stereocenters. The maximum absolute atomic E-state index is 12.4. The number of aliphatic imine (C=N–C) groups is 1. The number of hydrogen-bond donors (Lipinski definition) is 0. The Hall–Kier alpha value is -2.97. The molecule has 124 valence electrons. The lowest BCUT2D eigenvalue weighted by molar-refractivity contribution is -0.121. The molecular formula is C20H16N2O2S. The predicted octanol–water partition coefficient (Wildman–Crippen LogP) is 3.93. The minimum Gasteiger partial charge on any atom is -0.481 e. The van der Waals surface area contributed by atoms with Gasteiger partial charge in [-0.3, -0.25) is 9.69 Å². The SMILES string of the molecule is C#CCOc1ccc(/C=C2/SC(=Nc3ccccc3)N(C)C2=O)cc1. The zero-order valence-corrected chi connectivity index (χ0v) is 14.5. The molecule has 0 bridgehead atoms. The molecule has 1 aliphatic rings. The van der Waals surface area contributed by atoms with Crippen LogP contribution < -0.4 is 4.74 Å². The van der Waals surface area contributed by atoms with Crippen molar-refractivity contribution in [1.29, 1.82) is 0 Å². The molecule has 0 saturated carbocycles. The van der Waals surface area contributed by atoms with Gasteiger partial charge in [0.25, 0.3) is 5.91 Å². The van der Waals surface area contributed by atoms with E-state index < -0.39 is 0 Å². The second-order valence-corrected chi connectivity index (χ2v) is 6.28. The molecular weight excluding hydrogens is 332 g/mol. The van der Waals surface area contributed by atoms with Crippen LogP contribution in [0.4, 0.5) is 5.69 Å². The fraction of sp³-hybridized carbons (Fsp3) is 0.100. The summed E-state index contributed by atoms with van der Waals surface area (Å²) in [5, 5.41) is 0.663. The van der Waals surface area contributed by atoms with Crippen LogP contribution in [0.2, 0.25) is 0 Å². The minimum atomic E-state index is -0.0626. The molecule has 0 spiro atoms. The number of terminal acetylenes is 1. The van der Waals surface area contributed by atoms with Crippen LogP contribution in [0, 0.1) is 12.3 Å². The topological polar surface area (TPSA) is 41.9 Å². The van der Waals surface area contributed by atoms with E-state index in [0.29, 0.717) is 15.8 Å². The van der Waals surface area contributed by atoms with Gasteiger partial charge in [-0.25, -0.2) is 4.99 Å². The van der Waals surface area contributed by atoms with E-state index in [1.165, 1.54) is 11.8 Å². The Balaban J connectivity index is 1.79. The molecule has 1 fully saturated rings. The molecule has 2 aromatic rings. The molecule has 0 radical (unpaired) electrons. The molecule has 1 heterocycles. The van der Waals surface area contributed by atoms with Crippen LogP contribution in [0.1, 0.15) is 5.56 Å². The highest BCUT2D eigenvalue weighted by Crippen LogP contribution is 2.33. The number of thioether (sulfide) groups is 1. The summed E-state index contributed by atoms with van der Waals surface area (Å²) in [4.78, 5) is 19.2. The van der Waals surface area contributed by atoms with Crippen molar-refractivity contribution < 1.29 is 9.53 Å². The Kier molecular flexibility index (Phi) is 5.22. The summed E-state index contributed by atoms with van der Waals surface area (Å²) in [5.74, 6) is 3.06. The summed E-state index contributed by atoms with van der Waals surface area (Å²) < 4.78 is 5.35. The Morgan fingerprint density at radius 1 is 1.20 bits per heavy atom. The molecule has 1 saturated heterocycles. The van der Waals surface area contributed by atoms with Crippen molar-refractivity contribution in [2.75, 3.05) is 13.7 Å². The number of likely N-dealkylation sites (N-methyl/N-ethyl adjacent to an activating group) is 1. The number of amidine groups is 1. The summed E-state index contributed by atoms with van der Waals surface area (Å²) in [6.45, 7) is 0.235. The van der Waals surface area contributed by atoms with Crippen LogP contribution in [0.15, 0.2) is 64.5 Å². The van der Waals surface area contributed by atoms with Gasteiger partial charge in [0.2, 0.25) is 0 Å². The summed E-state index contributed by atoms with van der Waals surface area (Å²) in [6.07, 6.45) is 7.02. The largest absolute Gasteiger partial charge is 0.481 e. The Morgan fingerprint density at radius 2 is 1.92 bits per heavy atom. The van der Waals surface area contributed by atoms with Crippen molar-refractivity contribution >= 4 is 34.6 Å². The van der Waals surface area contributed by atoms with Crippen LogP contribution in [0.3, 0.4) is 0 Å². The molecule has 3 rings (SSSR count). The van der Waals surface area contributed by atoms with Gasteiger partial charge in [0.1, 0.15) is 12.4 Å². The zero-order valence-electron chi connectivity index (χ0n) is 13.7. The molecule has 0 aliphatic carbocycles. The van der Waals surface area contributed by atoms with Gasteiger partial charge in [0, 0.05) is 7.05 Å². The van der Waals surface area contributed by atoms with Gasteiger partial charge in [-0.05, 0) is 47.7 Å². The highest BCUT2D eigenvalue weighted by atomic mass is 32.2. The van der Waals surface area contributed by atoms with Crippen molar-refractivity contribution in [3.05, 3.63) is 65.1 Å². The maximum atomic E-state index is 12.4. The summed E-state index contributed by atoms with van der Waals surface area (Å²) >= 11 is 1.36. The van der Waals surface area contributed by atoms with Gasteiger partial charge in [-0.15, -0.1) is 6.42 Å². The fourth-order valence-corrected chi connectivity index (χ4v) is 3.19. The molecule has 5 heteroatoms. The Morgan fingerprint density at radius 3 is 2.60 bits per heavy atom. The third kappa shape index (κ3) is 4.11. The molecule has 1 amide bonds. The quantitative estimate of drug-likeness (QED) is 0.621. The van der Waals surface area contributed by atoms with E-state index in [2.05, 4.69) is 10.9 Å². The minimum absolute atomic E-state index is 0.0626. The monoisotopic (exact) mass is 348 g/mol. The van der Waals surface area contributed by atoms with Gasteiger partial charge < -0.3 is 4.74 Å². The fourth-order valence-electron chi connectivity index (χ4n) is 2.20.